The number of azide groups is 1. The Balaban J connectivity index is 2.33. The highest BCUT2D eigenvalue weighted by Crippen LogP contribution is 2.16. The summed E-state index contributed by atoms with van der Waals surface area (Å²) in [5.74, 6) is 0. The van der Waals surface area contributed by atoms with Crippen molar-refractivity contribution in [2.75, 3.05) is 33.4 Å². The smallest absolute Gasteiger partial charge is 0.0618 e. The molecule has 0 spiro atoms. The molecule has 0 radical (unpaired) electrons. The van der Waals surface area contributed by atoms with Crippen molar-refractivity contribution in [1.29, 1.82) is 0 Å². The lowest BCUT2D eigenvalue weighted by Gasteiger charge is -2.34. The van der Waals surface area contributed by atoms with Crippen LogP contribution in [0.3, 0.4) is 0 Å². The number of nitrogens with zero attached hydrogens (tertiary/aromatic N) is 4. The monoisotopic (exact) mass is 198 g/mol. The second kappa shape index (κ2) is 6.65. The Morgan fingerprint density at radius 3 is 3.14 bits per heavy atom. The van der Waals surface area contributed by atoms with Crippen LogP contribution >= 0.6 is 0 Å². The molecule has 80 valence electrons. The van der Waals surface area contributed by atoms with E-state index in [1.54, 1.807) is 7.11 Å². The van der Waals surface area contributed by atoms with Crippen molar-refractivity contribution in [1.82, 2.24) is 4.90 Å². The molecule has 1 saturated heterocycles. The van der Waals surface area contributed by atoms with Crippen LogP contribution in [0.15, 0.2) is 5.11 Å². The summed E-state index contributed by atoms with van der Waals surface area (Å²) in [5, 5.41) is 3.56. The minimum Gasteiger partial charge on any atom is -0.383 e. The summed E-state index contributed by atoms with van der Waals surface area (Å²) in [5.41, 5.74) is 8.18. The van der Waals surface area contributed by atoms with Crippen molar-refractivity contribution in [3.8, 4) is 0 Å². The molecule has 1 unspecified atom stereocenters. The SMILES string of the molecule is COCC1CCCCN1CCN=[N+]=[N-]. The highest BCUT2D eigenvalue weighted by atomic mass is 16.5. The van der Waals surface area contributed by atoms with Gasteiger partial charge in [-0.15, -0.1) is 0 Å². The fourth-order valence-corrected chi connectivity index (χ4v) is 1.95. The van der Waals surface area contributed by atoms with Crippen LogP contribution in [-0.2, 0) is 4.74 Å². The zero-order valence-corrected chi connectivity index (χ0v) is 8.72. The van der Waals surface area contributed by atoms with Crippen molar-refractivity contribution >= 4 is 0 Å². The predicted molar refractivity (Wildman–Crippen MR) is 55.1 cm³/mol. The highest BCUT2D eigenvalue weighted by molar-refractivity contribution is 4.76. The molecule has 0 amide bonds. The normalized spacial score (nSPS) is 23.1. The van der Waals surface area contributed by atoms with E-state index in [1.807, 2.05) is 0 Å². The number of rotatable bonds is 5. The van der Waals surface area contributed by atoms with E-state index in [0.29, 0.717) is 12.6 Å². The Bertz CT molecular complexity index is 201. The lowest BCUT2D eigenvalue weighted by atomic mass is 10.0. The number of hydrogen-bond acceptors (Lipinski definition) is 3. The fraction of sp³-hybridized carbons (Fsp3) is 1.00. The van der Waals surface area contributed by atoms with Gasteiger partial charge in [-0.05, 0) is 24.9 Å². The molecular formula is C9H18N4O. The van der Waals surface area contributed by atoms with E-state index in [0.717, 1.165) is 19.7 Å². The van der Waals surface area contributed by atoms with Gasteiger partial charge in [0, 0.05) is 31.2 Å². The Labute approximate surface area is 84.7 Å². The van der Waals surface area contributed by atoms with Crippen LogP contribution in [0.2, 0.25) is 0 Å². The van der Waals surface area contributed by atoms with Crippen molar-refractivity contribution in [3.05, 3.63) is 10.4 Å². The molecule has 1 aliphatic rings. The van der Waals surface area contributed by atoms with E-state index in [2.05, 4.69) is 14.9 Å². The standard InChI is InChI=1S/C9H18N4O/c1-14-8-9-4-2-3-6-13(9)7-5-11-12-10/h9H,2-8H2,1H3. The van der Waals surface area contributed by atoms with Gasteiger partial charge in [0.2, 0.25) is 0 Å². The number of ether oxygens (including phenoxy) is 1. The molecule has 1 atom stereocenters. The third-order valence-electron chi connectivity index (χ3n) is 2.66. The van der Waals surface area contributed by atoms with Gasteiger partial charge in [0.1, 0.15) is 0 Å². The van der Waals surface area contributed by atoms with E-state index in [1.165, 1.54) is 19.3 Å². The molecule has 0 aliphatic carbocycles. The molecule has 0 aromatic heterocycles. The maximum atomic E-state index is 8.18. The average Bonchev–Trinajstić information content (AvgIpc) is 2.21. The van der Waals surface area contributed by atoms with Gasteiger partial charge in [0.25, 0.3) is 0 Å². The van der Waals surface area contributed by atoms with Crippen LogP contribution in [0.25, 0.3) is 10.4 Å². The number of piperidine rings is 1. The van der Waals surface area contributed by atoms with Crippen LogP contribution in [0.4, 0.5) is 0 Å². The summed E-state index contributed by atoms with van der Waals surface area (Å²) in [7, 11) is 1.74. The Hall–Kier alpha value is -0.770. The molecule has 0 bridgehead atoms. The van der Waals surface area contributed by atoms with E-state index < -0.39 is 0 Å². The van der Waals surface area contributed by atoms with Gasteiger partial charge in [-0.3, -0.25) is 4.90 Å². The lowest BCUT2D eigenvalue weighted by Crippen LogP contribution is -2.43. The van der Waals surface area contributed by atoms with Gasteiger partial charge in [-0.1, -0.05) is 11.5 Å². The van der Waals surface area contributed by atoms with Crippen LogP contribution in [-0.4, -0.2) is 44.3 Å². The first-order valence-electron chi connectivity index (χ1n) is 5.12. The predicted octanol–water partition coefficient (Wildman–Crippen LogP) is 1.80. The number of likely N-dealkylation sites (tertiary alicyclic amines) is 1. The molecular weight excluding hydrogens is 180 g/mol. The van der Waals surface area contributed by atoms with Crippen molar-refractivity contribution in [2.45, 2.75) is 25.3 Å². The molecule has 1 heterocycles. The Kier molecular flexibility index (Phi) is 5.37. The minimum absolute atomic E-state index is 0.516. The lowest BCUT2D eigenvalue weighted by molar-refractivity contribution is 0.0672. The number of hydrogen-bond donors (Lipinski definition) is 0. The second-order valence-electron chi connectivity index (χ2n) is 3.60. The summed E-state index contributed by atoms with van der Waals surface area (Å²) in [6.45, 7) is 3.32. The molecule has 1 aliphatic heterocycles. The first kappa shape index (κ1) is 11.3. The molecule has 0 aromatic rings. The fourth-order valence-electron chi connectivity index (χ4n) is 1.95. The zero-order valence-electron chi connectivity index (χ0n) is 8.72. The first-order valence-corrected chi connectivity index (χ1v) is 5.12. The largest absolute Gasteiger partial charge is 0.383 e. The molecule has 14 heavy (non-hydrogen) atoms. The van der Waals surface area contributed by atoms with Gasteiger partial charge < -0.3 is 4.74 Å². The first-order chi connectivity index (χ1) is 6.88. The number of methoxy groups -OCH3 is 1. The Morgan fingerprint density at radius 2 is 2.43 bits per heavy atom. The van der Waals surface area contributed by atoms with Crippen LogP contribution < -0.4 is 0 Å². The van der Waals surface area contributed by atoms with Gasteiger partial charge in [-0.25, -0.2) is 0 Å². The van der Waals surface area contributed by atoms with Gasteiger partial charge in [0.05, 0.1) is 6.61 Å². The average molecular weight is 198 g/mol. The molecule has 0 aromatic carbocycles. The summed E-state index contributed by atoms with van der Waals surface area (Å²) in [4.78, 5) is 5.12. The molecule has 5 heteroatoms. The third kappa shape index (κ3) is 3.54. The van der Waals surface area contributed by atoms with Crippen LogP contribution in [0, 0.1) is 0 Å². The molecule has 0 N–H and O–H groups in total. The van der Waals surface area contributed by atoms with Crippen molar-refractivity contribution < 1.29 is 4.74 Å². The van der Waals surface area contributed by atoms with Crippen LogP contribution in [0.1, 0.15) is 19.3 Å². The minimum atomic E-state index is 0.516. The van der Waals surface area contributed by atoms with Crippen molar-refractivity contribution in [2.24, 2.45) is 5.11 Å². The highest BCUT2D eigenvalue weighted by Gasteiger charge is 2.21. The van der Waals surface area contributed by atoms with E-state index in [-0.39, 0.29) is 0 Å². The summed E-state index contributed by atoms with van der Waals surface area (Å²) < 4.78 is 5.17. The van der Waals surface area contributed by atoms with Gasteiger partial charge in [0.15, 0.2) is 0 Å². The van der Waals surface area contributed by atoms with Gasteiger partial charge in [-0.2, -0.15) is 0 Å². The van der Waals surface area contributed by atoms with E-state index in [9.17, 15) is 0 Å². The van der Waals surface area contributed by atoms with Gasteiger partial charge >= 0.3 is 0 Å². The third-order valence-corrected chi connectivity index (χ3v) is 2.66. The summed E-state index contributed by atoms with van der Waals surface area (Å²) >= 11 is 0. The van der Waals surface area contributed by atoms with Crippen LogP contribution in [0.5, 0.6) is 0 Å². The second-order valence-corrected chi connectivity index (χ2v) is 3.60. The van der Waals surface area contributed by atoms with Crippen molar-refractivity contribution in [3.63, 3.8) is 0 Å². The molecule has 0 saturated carbocycles. The maximum Gasteiger partial charge on any atom is 0.0618 e. The summed E-state index contributed by atoms with van der Waals surface area (Å²) in [6.07, 6.45) is 3.73. The quantitative estimate of drug-likeness (QED) is 0.384. The van der Waals surface area contributed by atoms with E-state index >= 15 is 0 Å². The molecule has 1 fully saturated rings. The van der Waals surface area contributed by atoms with E-state index in [4.69, 9.17) is 10.3 Å². The molecule has 5 nitrogen and oxygen atoms in total. The maximum absolute atomic E-state index is 8.18. The Morgan fingerprint density at radius 1 is 1.57 bits per heavy atom. The summed E-state index contributed by atoms with van der Waals surface area (Å²) in [6, 6.07) is 0.516. The zero-order chi connectivity index (χ0) is 10.2. The molecule has 1 rings (SSSR count). The topological polar surface area (TPSA) is 61.2 Å².